The first-order chi connectivity index (χ1) is 10.7. The van der Waals surface area contributed by atoms with E-state index in [0.717, 1.165) is 35.2 Å². The molecule has 116 valence electrons. The molecule has 1 N–H and O–H groups in total. The van der Waals surface area contributed by atoms with Gasteiger partial charge in [-0.25, -0.2) is 0 Å². The van der Waals surface area contributed by atoms with Gasteiger partial charge in [-0.15, -0.1) is 11.3 Å². The monoisotopic (exact) mass is 317 g/mol. The molecule has 1 amide bonds. The molecule has 2 aliphatic heterocycles. The summed E-state index contributed by atoms with van der Waals surface area (Å²) in [4.78, 5) is 14.8. The third-order valence-corrected chi connectivity index (χ3v) is 6.09. The van der Waals surface area contributed by atoms with E-state index in [1.165, 1.54) is 0 Å². The smallest absolute Gasteiger partial charge is 0.255 e. The Morgan fingerprint density at radius 3 is 3.14 bits per heavy atom. The van der Waals surface area contributed by atoms with Gasteiger partial charge < -0.3 is 14.7 Å². The number of aliphatic hydroxyl groups is 1. The van der Waals surface area contributed by atoms with E-state index in [2.05, 4.69) is 0 Å². The van der Waals surface area contributed by atoms with Crippen molar-refractivity contribution < 1.29 is 14.6 Å². The summed E-state index contributed by atoms with van der Waals surface area (Å²) in [5, 5.41) is 12.8. The molecule has 2 saturated heterocycles. The molecule has 22 heavy (non-hydrogen) atoms. The molecule has 5 heteroatoms. The van der Waals surface area contributed by atoms with E-state index in [0.29, 0.717) is 19.1 Å². The van der Waals surface area contributed by atoms with Crippen LogP contribution in [0.5, 0.6) is 0 Å². The van der Waals surface area contributed by atoms with Crippen molar-refractivity contribution in [2.75, 3.05) is 32.9 Å². The van der Waals surface area contributed by atoms with E-state index in [-0.39, 0.29) is 17.9 Å². The van der Waals surface area contributed by atoms with Gasteiger partial charge in [0.05, 0.1) is 18.8 Å². The summed E-state index contributed by atoms with van der Waals surface area (Å²) in [6, 6.07) is 8.02. The highest BCUT2D eigenvalue weighted by Gasteiger charge is 2.49. The lowest BCUT2D eigenvalue weighted by molar-refractivity contribution is -0.0556. The Hall–Kier alpha value is -1.43. The molecule has 0 aliphatic carbocycles. The number of ether oxygens (including phenoxy) is 1. The number of hydrogen-bond acceptors (Lipinski definition) is 4. The molecule has 0 unspecified atom stereocenters. The van der Waals surface area contributed by atoms with Crippen molar-refractivity contribution in [3.63, 3.8) is 0 Å². The molecule has 2 fully saturated rings. The van der Waals surface area contributed by atoms with Crippen molar-refractivity contribution in [3.8, 4) is 0 Å². The number of rotatable bonds is 2. The van der Waals surface area contributed by atoms with Crippen LogP contribution in [0.15, 0.2) is 29.6 Å². The van der Waals surface area contributed by atoms with E-state index in [4.69, 9.17) is 4.74 Å². The Labute approximate surface area is 133 Å². The van der Waals surface area contributed by atoms with Crippen LogP contribution < -0.4 is 0 Å². The van der Waals surface area contributed by atoms with Gasteiger partial charge in [0.2, 0.25) is 0 Å². The SMILES string of the molecule is O=C(c1csc2ccccc12)N1C[C@@H]2CCOC[C@]2(CO)C1. The van der Waals surface area contributed by atoms with E-state index >= 15 is 0 Å². The molecule has 3 heterocycles. The fourth-order valence-electron chi connectivity index (χ4n) is 3.79. The highest BCUT2D eigenvalue weighted by Crippen LogP contribution is 2.42. The van der Waals surface area contributed by atoms with Crippen LogP contribution in [-0.4, -0.2) is 48.8 Å². The first kappa shape index (κ1) is 14.2. The average molecular weight is 317 g/mol. The van der Waals surface area contributed by atoms with Crippen LogP contribution in [0.1, 0.15) is 16.8 Å². The van der Waals surface area contributed by atoms with Gasteiger partial charge in [0.15, 0.2) is 0 Å². The molecule has 2 atom stereocenters. The zero-order chi connectivity index (χ0) is 15.2. The Balaban J connectivity index is 1.64. The molecule has 2 aliphatic rings. The largest absolute Gasteiger partial charge is 0.396 e. The first-order valence-corrected chi connectivity index (χ1v) is 8.56. The summed E-state index contributed by atoms with van der Waals surface area (Å²) in [6.45, 7) is 2.70. The molecular formula is C17H19NO3S. The lowest BCUT2D eigenvalue weighted by atomic mass is 9.76. The van der Waals surface area contributed by atoms with Crippen molar-refractivity contribution in [3.05, 3.63) is 35.2 Å². The number of thiophene rings is 1. The number of aliphatic hydroxyl groups excluding tert-OH is 1. The number of likely N-dealkylation sites (tertiary alicyclic amines) is 1. The Morgan fingerprint density at radius 2 is 2.32 bits per heavy atom. The van der Waals surface area contributed by atoms with Crippen molar-refractivity contribution >= 4 is 27.3 Å². The minimum absolute atomic E-state index is 0.0830. The molecular weight excluding hydrogens is 298 g/mol. The van der Waals surface area contributed by atoms with E-state index < -0.39 is 0 Å². The van der Waals surface area contributed by atoms with Gasteiger partial charge in [0, 0.05) is 40.6 Å². The van der Waals surface area contributed by atoms with Crippen LogP contribution in [0.4, 0.5) is 0 Å². The van der Waals surface area contributed by atoms with Crippen LogP contribution >= 0.6 is 11.3 Å². The predicted octanol–water partition coefficient (Wildman–Crippen LogP) is 2.37. The number of amides is 1. The Kier molecular flexibility index (Phi) is 3.44. The van der Waals surface area contributed by atoms with Gasteiger partial charge in [-0.1, -0.05) is 18.2 Å². The second kappa shape index (κ2) is 5.33. The summed E-state index contributed by atoms with van der Waals surface area (Å²) in [6.07, 6.45) is 0.925. The zero-order valence-corrected chi connectivity index (χ0v) is 13.1. The van der Waals surface area contributed by atoms with Gasteiger partial charge in [0.1, 0.15) is 0 Å². The maximum Gasteiger partial charge on any atom is 0.255 e. The lowest BCUT2D eigenvalue weighted by Gasteiger charge is -2.36. The van der Waals surface area contributed by atoms with Gasteiger partial charge in [-0.05, 0) is 18.4 Å². The molecule has 0 spiro atoms. The summed E-state index contributed by atoms with van der Waals surface area (Å²) >= 11 is 1.61. The van der Waals surface area contributed by atoms with E-state index in [1.54, 1.807) is 11.3 Å². The molecule has 2 aromatic rings. The Bertz CT molecular complexity index is 713. The maximum absolute atomic E-state index is 12.9. The second-order valence-electron chi connectivity index (χ2n) is 6.39. The van der Waals surface area contributed by atoms with Crippen molar-refractivity contribution in [1.29, 1.82) is 0 Å². The van der Waals surface area contributed by atoms with Gasteiger partial charge in [0.25, 0.3) is 5.91 Å². The molecule has 0 saturated carbocycles. The van der Waals surface area contributed by atoms with Gasteiger partial charge >= 0.3 is 0 Å². The second-order valence-corrected chi connectivity index (χ2v) is 7.30. The number of hydrogen-bond donors (Lipinski definition) is 1. The summed E-state index contributed by atoms with van der Waals surface area (Å²) in [5.41, 5.74) is 0.521. The predicted molar refractivity (Wildman–Crippen MR) is 86.2 cm³/mol. The first-order valence-electron chi connectivity index (χ1n) is 7.68. The van der Waals surface area contributed by atoms with Crippen LogP contribution in [-0.2, 0) is 4.74 Å². The highest BCUT2D eigenvalue weighted by molar-refractivity contribution is 7.17. The summed E-state index contributed by atoms with van der Waals surface area (Å²) in [5.74, 6) is 0.430. The topological polar surface area (TPSA) is 49.8 Å². The average Bonchev–Trinajstić information content (AvgIpc) is 3.16. The minimum atomic E-state index is -0.264. The molecule has 4 rings (SSSR count). The number of nitrogens with zero attached hydrogens (tertiary/aromatic N) is 1. The van der Waals surface area contributed by atoms with Gasteiger partial charge in [-0.2, -0.15) is 0 Å². The fourth-order valence-corrected chi connectivity index (χ4v) is 4.72. The Morgan fingerprint density at radius 1 is 1.45 bits per heavy atom. The summed E-state index contributed by atoms with van der Waals surface area (Å²) in [7, 11) is 0. The quantitative estimate of drug-likeness (QED) is 0.925. The van der Waals surface area contributed by atoms with E-state index in [1.807, 2.05) is 34.5 Å². The summed E-state index contributed by atoms with van der Waals surface area (Å²) < 4.78 is 6.71. The zero-order valence-electron chi connectivity index (χ0n) is 12.3. The standard InChI is InChI=1S/C17H19NO3S/c19-10-17-9-18(7-12(17)5-6-21-11-17)16(20)14-8-22-15-4-2-1-3-13(14)15/h1-4,8,12,19H,5-7,9-11H2/t12-,17+/m0/s1. The van der Waals surface area contributed by atoms with Crippen molar-refractivity contribution in [2.24, 2.45) is 11.3 Å². The van der Waals surface area contributed by atoms with Crippen molar-refractivity contribution in [2.45, 2.75) is 6.42 Å². The van der Waals surface area contributed by atoms with Crippen LogP contribution in [0.3, 0.4) is 0 Å². The third-order valence-electron chi connectivity index (χ3n) is 5.13. The molecule has 0 bridgehead atoms. The van der Waals surface area contributed by atoms with Gasteiger partial charge in [-0.3, -0.25) is 4.79 Å². The third kappa shape index (κ3) is 2.07. The maximum atomic E-state index is 12.9. The highest BCUT2D eigenvalue weighted by atomic mass is 32.1. The molecule has 0 radical (unpaired) electrons. The molecule has 1 aromatic carbocycles. The molecule has 1 aromatic heterocycles. The van der Waals surface area contributed by atoms with E-state index in [9.17, 15) is 9.90 Å². The number of benzene rings is 1. The number of carbonyl (C=O) groups is 1. The van der Waals surface area contributed by atoms with Crippen molar-refractivity contribution in [1.82, 2.24) is 4.90 Å². The lowest BCUT2D eigenvalue weighted by Crippen LogP contribution is -2.43. The fraction of sp³-hybridized carbons (Fsp3) is 0.471. The minimum Gasteiger partial charge on any atom is -0.396 e. The number of fused-ring (bicyclic) bond motifs is 2. The molecule has 4 nitrogen and oxygen atoms in total. The van der Waals surface area contributed by atoms with Crippen LogP contribution in [0.2, 0.25) is 0 Å². The van der Waals surface area contributed by atoms with Crippen LogP contribution in [0, 0.1) is 11.3 Å². The number of carbonyl (C=O) groups excluding carboxylic acids is 1. The van der Waals surface area contributed by atoms with Crippen LogP contribution in [0.25, 0.3) is 10.1 Å². The normalized spacial score (nSPS) is 28.0.